The SMILES string of the molecule is CNC1=NN=C(c2cccc(Oc3ccccc3)c2)CS1. The van der Waals surface area contributed by atoms with E-state index in [0.717, 1.165) is 33.7 Å². The van der Waals surface area contributed by atoms with Crippen LogP contribution in [0.25, 0.3) is 0 Å². The number of hydrogen-bond acceptors (Lipinski definition) is 5. The van der Waals surface area contributed by atoms with Crippen LogP contribution >= 0.6 is 11.8 Å². The van der Waals surface area contributed by atoms with E-state index < -0.39 is 0 Å². The molecule has 0 radical (unpaired) electrons. The average Bonchev–Trinajstić information content (AvgIpc) is 2.56. The van der Waals surface area contributed by atoms with Crippen LogP contribution in [-0.4, -0.2) is 23.7 Å². The molecule has 0 aliphatic carbocycles. The van der Waals surface area contributed by atoms with Crippen molar-refractivity contribution in [2.45, 2.75) is 0 Å². The minimum atomic E-state index is 0.800. The highest BCUT2D eigenvalue weighted by atomic mass is 32.2. The first-order valence-electron chi connectivity index (χ1n) is 6.63. The van der Waals surface area contributed by atoms with Gasteiger partial charge in [-0.25, -0.2) is 0 Å². The van der Waals surface area contributed by atoms with Crippen molar-refractivity contribution in [3.63, 3.8) is 0 Å². The molecule has 1 aliphatic heterocycles. The van der Waals surface area contributed by atoms with E-state index in [2.05, 4.69) is 15.5 Å². The van der Waals surface area contributed by atoms with Crippen molar-refractivity contribution in [3.05, 3.63) is 60.2 Å². The molecule has 0 atom stereocenters. The summed E-state index contributed by atoms with van der Waals surface area (Å²) in [5.41, 5.74) is 1.99. The van der Waals surface area contributed by atoms with Gasteiger partial charge in [-0.3, -0.25) is 0 Å². The predicted molar refractivity (Wildman–Crippen MR) is 88.4 cm³/mol. The summed E-state index contributed by atoms with van der Waals surface area (Å²) in [6.07, 6.45) is 0. The summed E-state index contributed by atoms with van der Waals surface area (Å²) in [7, 11) is 1.85. The second-order valence-corrected chi connectivity index (χ2v) is 5.40. The van der Waals surface area contributed by atoms with E-state index in [1.165, 1.54) is 0 Å². The predicted octanol–water partition coefficient (Wildman–Crippen LogP) is 3.51. The van der Waals surface area contributed by atoms with Gasteiger partial charge in [0.1, 0.15) is 11.5 Å². The Hall–Kier alpha value is -2.27. The van der Waals surface area contributed by atoms with Gasteiger partial charge in [-0.05, 0) is 24.3 Å². The molecule has 2 aromatic rings. The van der Waals surface area contributed by atoms with E-state index in [-0.39, 0.29) is 0 Å². The number of hydrogen-bond donors (Lipinski definition) is 1. The van der Waals surface area contributed by atoms with Crippen molar-refractivity contribution in [2.24, 2.45) is 10.2 Å². The van der Waals surface area contributed by atoms with Crippen LogP contribution in [0.15, 0.2) is 64.8 Å². The van der Waals surface area contributed by atoms with Crippen molar-refractivity contribution in [2.75, 3.05) is 12.8 Å². The Morgan fingerprint density at radius 3 is 2.52 bits per heavy atom. The van der Waals surface area contributed by atoms with Gasteiger partial charge in [-0.15, -0.1) is 5.10 Å². The fraction of sp³-hybridized carbons (Fsp3) is 0.125. The molecule has 5 heteroatoms. The summed E-state index contributed by atoms with van der Waals surface area (Å²) in [5.74, 6) is 2.42. The molecule has 0 spiro atoms. The van der Waals surface area contributed by atoms with Gasteiger partial charge >= 0.3 is 0 Å². The largest absolute Gasteiger partial charge is 0.457 e. The summed E-state index contributed by atoms with van der Waals surface area (Å²) in [5, 5.41) is 12.2. The molecule has 0 fully saturated rings. The summed E-state index contributed by atoms with van der Waals surface area (Å²) < 4.78 is 5.84. The van der Waals surface area contributed by atoms with Gasteiger partial charge < -0.3 is 10.1 Å². The van der Waals surface area contributed by atoms with Crippen LogP contribution in [0.1, 0.15) is 5.56 Å². The molecule has 21 heavy (non-hydrogen) atoms. The van der Waals surface area contributed by atoms with Gasteiger partial charge in [0.2, 0.25) is 0 Å². The number of thioether (sulfide) groups is 1. The molecule has 1 aliphatic rings. The van der Waals surface area contributed by atoms with Crippen molar-refractivity contribution in [3.8, 4) is 11.5 Å². The quantitative estimate of drug-likeness (QED) is 0.943. The fourth-order valence-electron chi connectivity index (χ4n) is 1.93. The normalized spacial score (nSPS) is 14.1. The summed E-state index contributed by atoms with van der Waals surface area (Å²) in [6, 6.07) is 17.7. The van der Waals surface area contributed by atoms with Crippen LogP contribution in [0, 0.1) is 0 Å². The number of nitrogens with zero attached hydrogens (tertiary/aromatic N) is 2. The molecule has 3 rings (SSSR count). The highest BCUT2D eigenvalue weighted by molar-refractivity contribution is 8.14. The zero-order chi connectivity index (χ0) is 14.5. The first kappa shape index (κ1) is 13.7. The number of amidine groups is 1. The molecule has 1 heterocycles. The Bertz CT molecular complexity index is 683. The molecular formula is C16H15N3OS. The second-order valence-electron chi connectivity index (χ2n) is 4.43. The Balaban J connectivity index is 1.81. The maximum Gasteiger partial charge on any atom is 0.183 e. The van der Waals surface area contributed by atoms with Gasteiger partial charge in [0.15, 0.2) is 5.17 Å². The lowest BCUT2D eigenvalue weighted by Crippen LogP contribution is -2.20. The highest BCUT2D eigenvalue weighted by Crippen LogP contribution is 2.23. The van der Waals surface area contributed by atoms with E-state index in [9.17, 15) is 0 Å². The van der Waals surface area contributed by atoms with Gasteiger partial charge in [0.25, 0.3) is 0 Å². The van der Waals surface area contributed by atoms with Crippen LogP contribution in [0.4, 0.5) is 0 Å². The monoisotopic (exact) mass is 297 g/mol. The minimum Gasteiger partial charge on any atom is -0.457 e. The maximum atomic E-state index is 5.84. The molecular weight excluding hydrogens is 282 g/mol. The number of benzene rings is 2. The summed E-state index contributed by atoms with van der Waals surface area (Å²) >= 11 is 1.64. The van der Waals surface area contributed by atoms with Crippen molar-refractivity contribution < 1.29 is 4.74 Å². The van der Waals surface area contributed by atoms with E-state index in [1.807, 2.05) is 61.6 Å². The molecule has 4 nitrogen and oxygen atoms in total. The van der Waals surface area contributed by atoms with Crippen LogP contribution < -0.4 is 10.1 Å². The number of ether oxygens (including phenoxy) is 1. The Morgan fingerprint density at radius 2 is 1.81 bits per heavy atom. The number of para-hydroxylation sites is 1. The molecule has 1 N–H and O–H groups in total. The third-order valence-electron chi connectivity index (χ3n) is 2.97. The Kier molecular flexibility index (Phi) is 4.21. The van der Waals surface area contributed by atoms with E-state index >= 15 is 0 Å². The first-order chi connectivity index (χ1) is 10.3. The summed E-state index contributed by atoms with van der Waals surface area (Å²) in [6.45, 7) is 0. The first-order valence-corrected chi connectivity index (χ1v) is 7.62. The van der Waals surface area contributed by atoms with Gasteiger partial charge in [-0.2, -0.15) is 5.10 Å². The highest BCUT2D eigenvalue weighted by Gasteiger charge is 2.12. The van der Waals surface area contributed by atoms with E-state index in [4.69, 9.17) is 4.74 Å². The third-order valence-corrected chi connectivity index (χ3v) is 3.94. The molecule has 0 bridgehead atoms. The topological polar surface area (TPSA) is 46.0 Å². The Labute approximate surface area is 127 Å². The molecule has 0 aromatic heterocycles. The van der Waals surface area contributed by atoms with Crippen molar-refractivity contribution in [1.82, 2.24) is 5.32 Å². The number of rotatable bonds is 3. The zero-order valence-corrected chi connectivity index (χ0v) is 12.4. The van der Waals surface area contributed by atoms with Crippen LogP contribution in [0.5, 0.6) is 11.5 Å². The van der Waals surface area contributed by atoms with Crippen molar-refractivity contribution in [1.29, 1.82) is 0 Å². The molecule has 2 aromatic carbocycles. The number of nitrogens with one attached hydrogen (secondary N) is 1. The molecule has 0 saturated heterocycles. The van der Waals surface area contributed by atoms with E-state index in [0.29, 0.717) is 0 Å². The van der Waals surface area contributed by atoms with Gasteiger partial charge in [0.05, 0.1) is 5.71 Å². The molecule has 106 valence electrons. The Morgan fingerprint density at radius 1 is 1.00 bits per heavy atom. The lowest BCUT2D eigenvalue weighted by Gasteiger charge is -2.12. The smallest absolute Gasteiger partial charge is 0.183 e. The van der Waals surface area contributed by atoms with E-state index in [1.54, 1.807) is 11.8 Å². The molecule has 0 amide bonds. The lowest BCUT2D eigenvalue weighted by atomic mass is 10.1. The fourth-order valence-corrected chi connectivity index (χ4v) is 2.67. The minimum absolute atomic E-state index is 0.800. The van der Waals surface area contributed by atoms with Crippen molar-refractivity contribution >= 4 is 22.6 Å². The third kappa shape index (κ3) is 3.44. The zero-order valence-electron chi connectivity index (χ0n) is 11.6. The molecule has 0 saturated carbocycles. The van der Waals surface area contributed by atoms with Crippen LogP contribution in [-0.2, 0) is 0 Å². The maximum absolute atomic E-state index is 5.84. The lowest BCUT2D eigenvalue weighted by molar-refractivity contribution is 0.482. The van der Waals surface area contributed by atoms with Gasteiger partial charge in [0, 0.05) is 18.4 Å². The van der Waals surface area contributed by atoms with Gasteiger partial charge in [-0.1, -0.05) is 42.1 Å². The van der Waals surface area contributed by atoms with Crippen LogP contribution in [0.3, 0.4) is 0 Å². The van der Waals surface area contributed by atoms with Crippen LogP contribution in [0.2, 0.25) is 0 Å². The summed E-state index contributed by atoms with van der Waals surface area (Å²) in [4.78, 5) is 0. The molecule has 0 unspecified atom stereocenters. The standard InChI is InChI=1S/C16H15N3OS/c1-17-16-19-18-15(11-21-16)12-6-5-9-14(10-12)20-13-7-3-2-4-8-13/h2-10H,11H2,1H3,(H,17,19). The second kappa shape index (κ2) is 6.45. The average molecular weight is 297 g/mol.